The Morgan fingerprint density at radius 1 is 1.10 bits per heavy atom. The summed E-state index contributed by atoms with van der Waals surface area (Å²) in [6.45, 7) is 3.64. The van der Waals surface area contributed by atoms with Gasteiger partial charge in [0.25, 0.3) is 11.8 Å². The summed E-state index contributed by atoms with van der Waals surface area (Å²) in [5, 5.41) is 8.64. The Morgan fingerprint density at radius 3 is 2.00 bits per heavy atom. The molecule has 0 spiro atoms. The smallest absolute Gasteiger partial charge is 0.320 e. The van der Waals surface area contributed by atoms with E-state index in [1.165, 1.54) is 12.2 Å². The summed E-state index contributed by atoms with van der Waals surface area (Å²) in [5.41, 5.74) is 5.38. The number of amides is 2. The third-order valence-electron chi connectivity index (χ3n) is 2.61. The summed E-state index contributed by atoms with van der Waals surface area (Å²) in [6.07, 6.45) is 7.16. The van der Waals surface area contributed by atoms with Crippen LogP contribution in [0.15, 0.2) is 24.3 Å². The van der Waals surface area contributed by atoms with E-state index in [1.807, 2.05) is 0 Å². The Hall–Kier alpha value is -1.95. The van der Waals surface area contributed by atoms with Gasteiger partial charge in [-0.1, -0.05) is 12.2 Å². The van der Waals surface area contributed by atoms with E-state index < -0.39 is 12.0 Å². The molecule has 0 rings (SSSR count). The molecule has 0 radical (unpaired) electrons. The Labute approximate surface area is 118 Å². The minimum Gasteiger partial charge on any atom is -0.480 e. The second kappa shape index (κ2) is 9.91. The van der Waals surface area contributed by atoms with Gasteiger partial charge in [0.15, 0.2) is 0 Å². The Morgan fingerprint density at radius 2 is 1.60 bits per heavy atom. The Kier molecular flexibility index (Phi) is 8.95. The minimum atomic E-state index is -1.04. The van der Waals surface area contributed by atoms with Crippen LogP contribution in [-0.2, 0) is 14.4 Å². The lowest BCUT2D eigenvalue weighted by Crippen LogP contribution is -2.36. The van der Waals surface area contributed by atoms with Gasteiger partial charge in [-0.25, -0.2) is 0 Å². The number of imide groups is 1. The van der Waals surface area contributed by atoms with Crippen LogP contribution in [-0.4, -0.2) is 40.4 Å². The molecule has 3 N–H and O–H groups in total. The number of nitrogens with two attached hydrogens (primary N) is 1. The number of nitrogens with zero attached hydrogens (tertiary/aromatic N) is 1. The summed E-state index contributed by atoms with van der Waals surface area (Å²) in [6, 6.07) is -0.902. The molecule has 0 fully saturated rings. The Bertz CT molecular complexity index is 378. The van der Waals surface area contributed by atoms with Crippen molar-refractivity contribution in [1.82, 2.24) is 4.90 Å². The van der Waals surface area contributed by atoms with Crippen LogP contribution in [0.1, 0.15) is 33.1 Å². The van der Waals surface area contributed by atoms with Crippen molar-refractivity contribution in [3.05, 3.63) is 24.3 Å². The van der Waals surface area contributed by atoms with E-state index in [-0.39, 0.29) is 18.4 Å². The monoisotopic (exact) mass is 282 g/mol. The van der Waals surface area contributed by atoms with Gasteiger partial charge in [-0.3, -0.25) is 19.3 Å². The highest BCUT2D eigenvalue weighted by molar-refractivity contribution is 6.04. The topological polar surface area (TPSA) is 101 Å². The molecule has 0 saturated carbocycles. The van der Waals surface area contributed by atoms with Crippen molar-refractivity contribution in [3.8, 4) is 0 Å². The molecule has 0 bridgehead atoms. The number of rotatable bonds is 8. The van der Waals surface area contributed by atoms with Crippen molar-refractivity contribution in [2.45, 2.75) is 39.2 Å². The summed E-state index contributed by atoms with van der Waals surface area (Å²) in [5.74, 6) is -1.80. The lowest BCUT2D eigenvalue weighted by Gasteiger charge is -2.17. The number of aliphatic carboxylic acids is 1. The summed E-state index contributed by atoms with van der Waals surface area (Å²) < 4.78 is 0. The highest BCUT2D eigenvalue weighted by atomic mass is 16.4. The van der Waals surface area contributed by atoms with Gasteiger partial charge in [0.2, 0.25) is 0 Å². The number of carboxylic acids is 1. The average Bonchev–Trinajstić information content (AvgIpc) is 2.38. The summed E-state index contributed by atoms with van der Waals surface area (Å²) in [4.78, 5) is 35.2. The molecule has 0 aromatic rings. The molecule has 1 atom stereocenters. The van der Waals surface area contributed by atoms with Gasteiger partial charge in [-0.2, -0.15) is 0 Å². The van der Waals surface area contributed by atoms with E-state index in [2.05, 4.69) is 0 Å². The number of allylic oxidation sites excluding steroid dienone is 2. The highest BCUT2D eigenvalue weighted by Crippen LogP contribution is 2.04. The second-order valence-electron chi connectivity index (χ2n) is 4.27. The maximum Gasteiger partial charge on any atom is 0.320 e. The third-order valence-corrected chi connectivity index (χ3v) is 2.61. The fraction of sp³-hybridized carbons (Fsp3) is 0.500. The largest absolute Gasteiger partial charge is 0.480 e. The van der Waals surface area contributed by atoms with E-state index in [0.717, 1.165) is 4.90 Å². The fourth-order valence-electron chi connectivity index (χ4n) is 1.55. The first-order valence-corrected chi connectivity index (χ1v) is 6.53. The van der Waals surface area contributed by atoms with E-state index >= 15 is 0 Å². The molecule has 0 aliphatic rings. The second-order valence-corrected chi connectivity index (χ2v) is 4.27. The average molecular weight is 282 g/mol. The standard InChI is InChI=1S/C14H22N2O4/c1-3-7-12(17)16(13(18)8-4-2)10-6-5-9-11(15)14(19)20/h3-4,7-8,11H,5-6,9-10,15H2,1-2H3,(H,19,20)/b7-3+,8-4+. The van der Waals surface area contributed by atoms with Gasteiger partial charge in [-0.15, -0.1) is 0 Å². The van der Waals surface area contributed by atoms with Crippen LogP contribution < -0.4 is 5.73 Å². The van der Waals surface area contributed by atoms with Crippen LogP contribution in [0.25, 0.3) is 0 Å². The number of carboxylic acid groups (broad SMARTS) is 1. The molecule has 20 heavy (non-hydrogen) atoms. The molecule has 0 saturated heterocycles. The maximum absolute atomic E-state index is 11.8. The highest BCUT2D eigenvalue weighted by Gasteiger charge is 2.17. The van der Waals surface area contributed by atoms with Gasteiger partial charge >= 0.3 is 5.97 Å². The van der Waals surface area contributed by atoms with Crippen LogP contribution in [0.5, 0.6) is 0 Å². The molecule has 0 aromatic carbocycles. The maximum atomic E-state index is 11.8. The lowest BCUT2D eigenvalue weighted by atomic mass is 10.1. The third kappa shape index (κ3) is 6.84. The van der Waals surface area contributed by atoms with E-state index in [4.69, 9.17) is 10.8 Å². The van der Waals surface area contributed by atoms with Crippen LogP contribution in [0, 0.1) is 0 Å². The summed E-state index contributed by atoms with van der Waals surface area (Å²) >= 11 is 0. The zero-order valence-corrected chi connectivity index (χ0v) is 11.9. The zero-order chi connectivity index (χ0) is 15.5. The van der Waals surface area contributed by atoms with E-state index in [0.29, 0.717) is 19.3 Å². The molecule has 0 aliphatic carbocycles. The van der Waals surface area contributed by atoms with Crippen molar-refractivity contribution in [2.75, 3.05) is 6.54 Å². The van der Waals surface area contributed by atoms with Crippen LogP contribution >= 0.6 is 0 Å². The van der Waals surface area contributed by atoms with Gasteiger partial charge < -0.3 is 10.8 Å². The predicted molar refractivity (Wildman–Crippen MR) is 75.8 cm³/mol. The number of unbranched alkanes of at least 4 members (excludes halogenated alkanes) is 1. The van der Waals surface area contributed by atoms with Crippen molar-refractivity contribution >= 4 is 17.8 Å². The Balaban J connectivity index is 4.41. The summed E-state index contributed by atoms with van der Waals surface area (Å²) in [7, 11) is 0. The van der Waals surface area contributed by atoms with Gasteiger partial charge in [-0.05, 0) is 45.3 Å². The normalized spacial score (nSPS) is 12.8. The number of carbonyl (C=O) groups excluding carboxylic acids is 2. The fourth-order valence-corrected chi connectivity index (χ4v) is 1.55. The van der Waals surface area contributed by atoms with Crippen LogP contribution in [0.3, 0.4) is 0 Å². The van der Waals surface area contributed by atoms with Gasteiger partial charge in [0.1, 0.15) is 6.04 Å². The minimum absolute atomic E-state index is 0.249. The number of carbonyl (C=O) groups is 3. The first-order chi connectivity index (χ1) is 9.43. The van der Waals surface area contributed by atoms with Crippen molar-refractivity contribution in [3.63, 3.8) is 0 Å². The van der Waals surface area contributed by atoms with Crippen molar-refractivity contribution in [2.24, 2.45) is 5.73 Å². The molecular formula is C14H22N2O4. The first-order valence-electron chi connectivity index (χ1n) is 6.53. The first kappa shape index (κ1) is 18.0. The number of hydrogen-bond acceptors (Lipinski definition) is 4. The zero-order valence-electron chi connectivity index (χ0n) is 11.9. The van der Waals surface area contributed by atoms with Crippen molar-refractivity contribution < 1.29 is 19.5 Å². The quantitative estimate of drug-likeness (QED) is 0.512. The van der Waals surface area contributed by atoms with Crippen molar-refractivity contribution in [1.29, 1.82) is 0 Å². The van der Waals surface area contributed by atoms with E-state index in [9.17, 15) is 14.4 Å². The molecule has 1 unspecified atom stereocenters. The SMILES string of the molecule is C/C=C/C(=O)N(CCCCC(N)C(=O)O)C(=O)/C=C/C. The molecule has 2 amide bonds. The van der Waals surface area contributed by atoms with Crippen LogP contribution in [0.2, 0.25) is 0 Å². The van der Waals surface area contributed by atoms with Gasteiger partial charge in [0.05, 0.1) is 0 Å². The molecule has 0 aromatic heterocycles. The molecular weight excluding hydrogens is 260 g/mol. The van der Waals surface area contributed by atoms with Gasteiger partial charge in [0, 0.05) is 6.54 Å². The predicted octanol–water partition coefficient (Wildman–Crippen LogP) is 1.08. The molecule has 0 heterocycles. The molecule has 6 nitrogen and oxygen atoms in total. The van der Waals surface area contributed by atoms with Crippen LogP contribution in [0.4, 0.5) is 0 Å². The number of hydrogen-bond donors (Lipinski definition) is 2. The van der Waals surface area contributed by atoms with E-state index in [1.54, 1.807) is 26.0 Å². The lowest BCUT2D eigenvalue weighted by molar-refractivity contribution is -0.140. The molecule has 112 valence electrons. The molecule has 0 aliphatic heterocycles. The molecule has 6 heteroatoms.